The maximum Gasteiger partial charge on any atom is 0.179 e. The molecule has 1 aromatic heterocycles. The van der Waals surface area contributed by atoms with Crippen LogP contribution in [0.5, 0.6) is 5.75 Å². The third kappa shape index (κ3) is 2.16. The van der Waals surface area contributed by atoms with Gasteiger partial charge < -0.3 is 9.72 Å². The summed E-state index contributed by atoms with van der Waals surface area (Å²) in [5, 5.41) is 0. The normalized spacial score (nSPS) is 10.4. The van der Waals surface area contributed by atoms with E-state index in [4.69, 9.17) is 17.0 Å². The SMILES string of the molecule is COc1c(-c2c(C)cc(C)cc2C)[nH]cnc1=S. The van der Waals surface area contributed by atoms with Gasteiger partial charge in [0.1, 0.15) is 0 Å². The maximum atomic E-state index is 5.37. The predicted octanol–water partition coefficient (Wildman–Crippen LogP) is 3.74. The number of H-pyrrole nitrogens is 1. The van der Waals surface area contributed by atoms with Gasteiger partial charge in [0.15, 0.2) is 10.4 Å². The Bertz CT molecular complexity index is 623. The lowest BCUT2D eigenvalue weighted by Crippen LogP contribution is -1.98. The van der Waals surface area contributed by atoms with Crippen LogP contribution in [0, 0.1) is 25.4 Å². The van der Waals surface area contributed by atoms with Crippen LogP contribution < -0.4 is 4.74 Å². The first-order valence-corrected chi connectivity index (χ1v) is 6.15. The number of benzene rings is 1. The van der Waals surface area contributed by atoms with Gasteiger partial charge in [0.25, 0.3) is 0 Å². The molecule has 1 N–H and O–H groups in total. The lowest BCUT2D eigenvalue weighted by atomic mass is 9.97. The van der Waals surface area contributed by atoms with Gasteiger partial charge in [-0.15, -0.1) is 0 Å². The minimum atomic E-state index is 0.477. The summed E-state index contributed by atoms with van der Waals surface area (Å²) in [6.07, 6.45) is 1.61. The molecule has 0 bridgehead atoms. The number of nitrogens with zero attached hydrogens (tertiary/aromatic N) is 1. The third-order valence-electron chi connectivity index (χ3n) is 2.94. The molecule has 0 unspecified atom stereocenters. The van der Waals surface area contributed by atoms with Crippen LogP contribution in [0.2, 0.25) is 0 Å². The van der Waals surface area contributed by atoms with Crippen LogP contribution in [-0.4, -0.2) is 17.1 Å². The fraction of sp³-hybridized carbons (Fsp3) is 0.286. The van der Waals surface area contributed by atoms with Gasteiger partial charge in [-0.05, 0) is 31.9 Å². The Morgan fingerprint density at radius 3 is 2.33 bits per heavy atom. The van der Waals surface area contributed by atoms with Gasteiger partial charge in [0.2, 0.25) is 0 Å². The average molecular weight is 260 g/mol. The molecular weight excluding hydrogens is 244 g/mol. The Kier molecular flexibility index (Phi) is 3.48. The van der Waals surface area contributed by atoms with Gasteiger partial charge in [-0.2, -0.15) is 0 Å². The molecule has 0 saturated carbocycles. The van der Waals surface area contributed by atoms with Crippen molar-refractivity contribution in [1.29, 1.82) is 0 Å². The fourth-order valence-corrected chi connectivity index (χ4v) is 2.57. The molecule has 0 saturated heterocycles. The number of nitrogens with one attached hydrogen (secondary N) is 1. The molecular formula is C14H16N2OS. The number of hydrogen-bond donors (Lipinski definition) is 1. The lowest BCUT2D eigenvalue weighted by Gasteiger charge is -2.14. The van der Waals surface area contributed by atoms with Crippen LogP contribution in [0.25, 0.3) is 11.3 Å². The Hall–Kier alpha value is -1.68. The molecule has 3 nitrogen and oxygen atoms in total. The van der Waals surface area contributed by atoms with E-state index in [1.54, 1.807) is 13.4 Å². The summed E-state index contributed by atoms with van der Waals surface area (Å²) in [7, 11) is 1.61. The van der Waals surface area contributed by atoms with E-state index in [9.17, 15) is 0 Å². The van der Waals surface area contributed by atoms with Gasteiger partial charge in [0, 0.05) is 5.56 Å². The van der Waals surface area contributed by atoms with Gasteiger partial charge in [-0.25, -0.2) is 4.98 Å². The van der Waals surface area contributed by atoms with Crippen LogP contribution in [0.1, 0.15) is 16.7 Å². The molecule has 0 fully saturated rings. The standard InChI is InChI=1S/C14H16N2OS/c1-8-5-9(2)11(10(3)6-8)12-13(17-4)14(18)16-7-15-12/h5-7H,1-4H3,(H,15,16,18). The average Bonchev–Trinajstić information content (AvgIpc) is 2.27. The van der Waals surface area contributed by atoms with Crippen LogP contribution in [0.15, 0.2) is 18.5 Å². The number of rotatable bonds is 2. The quantitative estimate of drug-likeness (QED) is 0.836. The number of hydrogen-bond acceptors (Lipinski definition) is 3. The van der Waals surface area contributed by atoms with E-state index in [1.807, 2.05) is 0 Å². The van der Waals surface area contributed by atoms with Crippen molar-refractivity contribution in [2.45, 2.75) is 20.8 Å². The van der Waals surface area contributed by atoms with E-state index in [0.717, 1.165) is 11.3 Å². The van der Waals surface area contributed by atoms with Gasteiger partial charge >= 0.3 is 0 Å². The lowest BCUT2D eigenvalue weighted by molar-refractivity contribution is 0.410. The molecule has 1 heterocycles. The molecule has 4 heteroatoms. The highest BCUT2D eigenvalue weighted by molar-refractivity contribution is 7.71. The molecule has 0 amide bonds. The summed E-state index contributed by atoms with van der Waals surface area (Å²) in [5.74, 6) is 0.627. The molecule has 0 aliphatic heterocycles. The molecule has 0 aliphatic carbocycles. The van der Waals surface area contributed by atoms with Gasteiger partial charge in [-0.1, -0.05) is 29.9 Å². The number of aryl methyl sites for hydroxylation is 3. The predicted molar refractivity (Wildman–Crippen MR) is 75.6 cm³/mol. The molecule has 0 radical (unpaired) electrons. The zero-order chi connectivity index (χ0) is 13.3. The molecule has 0 aliphatic rings. The Morgan fingerprint density at radius 2 is 1.78 bits per heavy atom. The molecule has 2 aromatic rings. The summed E-state index contributed by atoms with van der Waals surface area (Å²) in [5.41, 5.74) is 5.67. The molecule has 0 atom stereocenters. The smallest absolute Gasteiger partial charge is 0.179 e. The van der Waals surface area contributed by atoms with E-state index in [1.165, 1.54) is 16.7 Å². The van der Waals surface area contributed by atoms with Crippen molar-refractivity contribution in [1.82, 2.24) is 9.97 Å². The van der Waals surface area contributed by atoms with Crippen molar-refractivity contribution in [2.24, 2.45) is 0 Å². The van der Waals surface area contributed by atoms with Crippen LogP contribution in [0.4, 0.5) is 0 Å². The van der Waals surface area contributed by atoms with E-state index < -0.39 is 0 Å². The van der Waals surface area contributed by atoms with Gasteiger partial charge in [-0.3, -0.25) is 0 Å². The van der Waals surface area contributed by atoms with E-state index in [2.05, 4.69) is 42.9 Å². The zero-order valence-corrected chi connectivity index (χ0v) is 11.8. The minimum absolute atomic E-state index is 0.477. The van der Waals surface area contributed by atoms with Crippen molar-refractivity contribution in [3.63, 3.8) is 0 Å². The molecule has 0 spiro atoms. The largest absolute Gasteiger partial charge is 0.491 e. The van der Waals surface area contributed by atoms with Gasteiger partial charge in [0.05, 0.1) is 19.1 Å². The minimum Gasteiger partial charge on any atom is -0.491 e. The summed E-state index contributed by atoms with van der Waals surface area (Å²) < 4.78 is 5.85. The maximum absolute atomic E-state index is 5.37. The Morgan fingerprint density at radius 1 is 1.17 bits per heavy atom. The molecule has 18 heavy (non-hydrogen) atoms. The van der Waals surface area contributed by atoms with Crippen molar-refractivity contribution < 1.29 is 4.74 Å². The molecule has 1 aromatic carbocycles. The van der Waals surface area contributed by atoms with Crippen molar-refractivity contribution in [3.8, 4) is 17.0 Å². The van der Waals surface area contributed by atoms with E-state index in [-0.39, 0.29) is 0 Å². The first kappa shape index (κ1) is 12.8. The van der Waals surface area contributed by atoms with E-state index in [0.29, 0.717) is 10.4 Å². The number of ether oxygens (including phenoxy) is 1. The summed E-state index contributed by atoms with van der Waals surface area (Å²) >= 11 is 5.19. The second kappa shape index (κ2) is 4.90. The molecule has 94 valence electrons. The van der Waals surface area contributed by atoms with Crippen LogP contribution in [0.3, 0.4) is 0 Å². The highest BCUT2D eigenvalue weighted by Gasteiger charge is 2.13. The second-order valence-corrected chi connectivity index (χ2v) is 4.78. The molecule has 2 rings (SSSR count). The Labute approximate surface area is 112 Å². The van der Waals surface area contributed by atoms with Crippen molar-refractivity contribution >= 4 is 12.2 Å². The Balaban J connectivity index is 2.78. The number of aromatic amines is 1. The second-order valence-electron chi connectivity index (χ2n) is 4.39. The summed E-state index contributed by atoms with van der Waals surface area (Å²) in [6, 6.07) is 4.30. The summed E-state index contributed by atoms with van der Waals surface area (Å²) in [4.78, 5) is 7.19. The van der Waals surface area contributed by atoms with Crippen molar-refractivity contribution in [2.75, 3.05) is 7.11 Å². The highest BCUT2D eigenvalue weighted by atomic mass is 32.1. The van der Waals surface area contributed by atoms with Crippen LogP contribution in [-0.2, 0) is 0 Å². The monoisotopic (exact) mass is 260 g/mol. The number of aromatic nitrogens is 2. The summed E-state index contributed by atoms with van der Waals surface area (Å²) in [6.45, 7) is 6.27. The van der Waals surface area contributed by atoms with Crippen molar-refractivity contribution in [3.05, 3.63) is 39.8 Å². The van der Waals surface area contributed by atoms with E-state index >= 15 is 0 Å². The zero-order valence-electron chi connectivity index (χ0n) is 11.0. The fourth-order valence-electron chi connectivity index (χ4n) is 2.34. The first-order valence-electron chi connectivity index (χ1n) is 5.74. The number of methoxy groups -OCH3 is 1. The third-order valence-corrected chi connectivity index (χ3v) is 3.23. The first-order chi connectivity index (χ1) is 8.54. The highest BCUT2D eigenvalue weighted by Crippen LogP contribution is 2.33. The van der Waals surface area contributed by atoms with Crippen LogP contribution >= 0.6 is 12.2 Å². The topological polar surface area (TPSA) is 37.9 Å².